The molecule has 2 N–H and O–H groups in total. The lowest BCUT2D eigenvalue weighted by atomic mass is 10.2. The number of halogens is 1. The Hall–Kier alpha value is -1.88. The predicted molar refractivity (Wildman–Crippen MR) is 89.0 cm³/mol. The molecule has 1 saturated carbocycles. The number of anilines is 1. The summed E-state index contributed by atoms with van der Waals surface area (Å²) in [6, 6.07) is 5.93. The zero-order valence-corrected chi connectivity index (χ0v) is 13.5. The van der Waals surface area contributed by atoms with Gasteiger partial charge in [-0.15, -0.1) is 12.4 Å². The molecule has 0 spiro atoms. The van der Waals surface area contributed by atoms with E-state index in [2.05, 4.69) is 21.3 Å². The van der Waals surface area contributed by atoms with Gasteiger partial charge in [0.25, 0.3) is 0 Å². The average molecular weight is 324 g/mol. The minimum absolute atomic E-state index is 0. The Morgan fingerprint density at radius 3 is 2.86 bits per heavy atom. The molecule has 0 saturated heterocycles. The number of hydrogen-bond donors (Lipinski definition) is 2. The Bertz CT molecular complexity index is 609. The highest BCUT2D eigenvalue weighted by Crippen LogP contribution is 2.30. The second-order valence-corrected chi connectivity index (χ2v) is 5.51. The van der Waals surface area contributed by atoms with E-state index in [0.29, 0.717) is 18.3 Å². The number of methoxy groups -OCH3 is 1. The molecule has 1 aromatic carbocycles. The van der Waals surface area contributed by atoms with Gasteiger partial charge in [0.15, 0.2) is 11.5 Å². The van der Waals surface area contributed by atoms with Gasteiger partial charge in [-0.2, -0.15) is 5.10 Å². The molecule has 1 heterocycles. The van der Waals surface area contributed by atoms with Gasteiger partial charge < -0.3 is 15.2 Å². The zero-order valence-electron chi connectivity index (χ0n) is 12.7. The number of nitrogens with zero attached hydrogens (tertiary/aromatic N) is 2. The standard InChI is InChI=1S/C16H21N3O2.ClH/c1-21-16-8-12(6-7-15(16)20)9-17-13-10-18-19(11-13)14-4-2-3-5-14;/h6-8,10-11,14,17,20H,2-5,9H2,1H3;1H. The van der Waals surface area contributed by atoms with Crippen molar-refractivity contribution in [2.45, 2.75) is 38.3 Å². The lowest BCUT2D eigenvalue weighted by Gasteiger charge is -2.09. The van der Waals surface area contributed by atoms with E-state index >= 15 is 0 Å². The van der Waals surface area contributed by atoms with E-state index in [-0.39, 0.29) is 18.2 Å². The number of benzene rings is 1. The third-order valence-electron chi connectivity index (χ3n) is 4.04. The van der Waals surface area contributed by atoms with Crippen molar-refractivity contribution in [3.8, 4) is 11.5 Å². The first-order valence-electron chi connectivity index (χ1n) is 7.40. The van der Waals surface area contributed by atoms with Crippen LogP contribution in [0.5, 0.6) is 11.5 Å². The van der Waals surface area contributed by atoms with Gasteiger partial charge in [0, 0.05) is 12.7 Å². The SMILES string of the molecule is COc1cc(CNc2cnn(C3CCCC3)c2)ccc1O.Cl. The van der Waals surface area contributed by atoms with Crippen LogP contribution in [0.2, 0.25) is 0 Å². The molecular formula is C16H22ClN3O2. The lowest BCUT2D eigenvalue weighted by Crippen LogP contribution is -2.04. The van der Waals surface area contributed by atoms with Crippen LogP contribution in [0.3, 0.4) is 0 Å². The lowest BCUT2D eigenvalue weighted by molar-refractivity contribution is 0.373. The first-order valence-corrected chi connectivity index (χ1v) is 7.40. The molecule has 1 aromatic heterocycles. The monoisotopic (exact) mass is 323 g/mol. The van der Waals surface area contributed by atoms with Gasteiger partial charge in [0.1, 0.15) is 0 Å². The summed E-state index contributed by atoms with van der Waals surface area (Å²) >= 11 is 0. The van der Waals surface area contributed by atoms with Crippen molar-refractivity contribution in [3.63, 3.8) is 0 Å². The molecular weight excluding hydrogens is 302 g/mol. The third kappa shape index (κ3) is 3.65. The van der Waals surface area contributed by atoms with Crippen LogP contribution in [0.1, 0.15) is 37.3 Å². The van der Waals surface area contributed by atoms with Crippen molar-refractivity contribution in [2.24, 2.45) is 0 Å². The molecule has 0 bridgehead atoms. The van der Waals surface area contributed by atoms with E-state index in [1.54, 1.807) is 13.2 Å². The molecule has 1 fully saturated rings. The van der Waals surface area contributed by atoms with E-state index in [0.717, 1.165) is 11.3 Å². The molecule has 1 aliphatic carbocycles. The third-order valence-corrected chi connectivity index (χ3v) is 4.04. The Labute approximate surface area is 136 Å². The van der Waals surface area contributed by atoms with Gasteiger partial charge in [0.2, 0.25) is 0 Å². The predicted octanol–water partition coefficient (Wildman–Crippen LogP) is 3.75. The zero-order chi connectivity index (χ0) is 14.7. The quantitative estimate of drug-likeness (QED) is 0.880. The normalized spacial score (nSPS) is 14.6. The summed E-state index contributed by atoms with van der Waals surface area (Å²) < 4.78 is 7.19. The maximum Gasteiger partial charge on any atom is 0.160 e. The van der Waals surface area contributed by atoms with Crippen LogP contribution in [-0.2, 0) is 6.54 Å². The molecule has 0 radical (unpaired) electrons. The largest absolute Gasteiger partial charge is 0.504 e. The van der Waals surface area contributed by atoms with Crippen molar-refractivity contribution < 1.29 is 9.84 Å². The smallest absolute Gasteiger partial charge is 0.160 e. The summed E-state index contributed by atoms with van der Waals surface area (Å²) in [5.41, 5.74) is 2.08. The summed E-state index contributed by atoms with van der Waals surface area (Å²) in [6.07, 6.45) is 9.03. The highest BCUT2D eigenvalue weighted by atomic mass is 35.5. The minimum atomic E-state index is 0. The Morgan fingerprint density at radius 1 is 1.36 bits per heavy atom. The number of phenolic OH excluding ortho intramolecular Hbond substituents is 1. The van der Waals surface area contributed by atoms with Gasteiger partial charge in [-0.1, -0.05) is 18.9 Å². The number of phenols is 1. The number of nitrogens with one attached hydrogen (secondary N) is 1. The van der Waals surface area contributed by atoms with Crippen LogP contribution in [0.4, 0.5) is 5.69 Å². The number of ether oxygens (including phenoxy) is 1. The molecule has 6 heteroatoms. The second kappa shape index (κ2) is 7.40. The first kappa shape index (κ1) is 16.5. The molecule has 0 amide bonds. The van der Waals surface area contributed by atoms with Gasteiger partial charge in [0.05, 0.1) is 25.0 Å². The van der Waals surface area contributed by atoms with Crippen LogP contribution < -0.4 is 10.1 Å². The van der Waals surface area contributed by atoms with E-state index in [1.807, 2.05) is 18.3 Å². The maximum atomic E-state index is 9.59. The Morgan fingerprint density at radius 2 is 2.14 bits per heavy atom. The molecule has 2 aromatic rings. The van der Waals surface area contributed by atoms with Crippen LogP contribution in [0, 0.1) is 0 Å². The summed E-state index contributed by atoms with van der Waals surface area (Å²) in [4.78, 5) is 0. The average Bonchev–Trinajstić information content (AvgIpc) is 3.17. The van der Waals surface area contributed by atoms with E-state index in [9.17, 15) is 5.11 Å². The van der Waals surface area contributed by atoms with Crippen LogP contribution in [0.25, 0.3) is 0 Å². The number of aromatic nitrogens is 2. The van der Waals surface area contributed by atoms with Gasteiger partial charge >= 0.3 is 0 Å². The molecule has 0 atom stereocenters. The maximum absolute atomic E-state index is 9.59. The summed E-state index contributed by atoms with van der Waals surface area (Å²) in [5, 5.41) is 17.4. The van der Waals surface area contributed by atoms with Crippen molar-refractivity contribution in [2.75, 3.05) is 12.4 Å². The van der Waals surface area contributed by atoms with Crippen LogP contribution in [-0.4, -0.2) is 22.0 Å². The Kier molecular flexibility index (Phi) is 5.55. The number of rotatable bonds is 5. The van der Waals surface area contributed by atoms with Gasteiger partial charge in [-0.25, -0.2) is 0 Å². The van der Waals surface area contributed by atoms with Crippen LogP contribution >= 0.6 is 12.4 Å². The summed E-state index contributed by atoms with van der Waals surface area (Å²) in [5.74, 6) is 0.659. The second-order valence-electron chi connectivity index (χ2n) is 5.51. The highest BCUT2D eigenvalue weighted by Gasteiger charge is 2.17. The van der Waals surface area contributed by atoms with E-state index < -0.39 is 0 Å². The molecule has 5 nitrogen and oxygen atoms in total. The van der Waals surface area contributed by atoms with Crippen molar-refractivity contribution in [1.29, 1.82) is 0 Å². The van der Waals surface area contributed by atoms with E-state index in [4.69, 9.17) is 4.74 Å². The fourth-order valence-corrected chi connectivity index (χ4v) is 2.83. The summed E-state index contributed by atoms with van der Waals surface area (Å²) in [7, 11) is 1.55. The summed E-state index contributed by atoms with van der Waals surface area (Å²) in [6.45, 7) is 0.674. The molecule has 0 unspecified atom stereocenters. The molecule has 1 aliphatic rings. The van der Waals surface area contributed by atoms with Crippen LogP contribution in [0.15, 0.2) is 30.6 Å². The van der Waals surface area contributed by atoms with E-state index in [1.165, 1.54) is 25.7 Å². The minimum Gasteiger partial charge on any atom is -0.504 e. The fraction of sp³-hybridized carbons (Fsp3) is 0.438. The van der Waals surface area contributed by atoms with Crippen molar-refractivity contribution >= 4 is 18.1 Å². The number of hydrogen-bond acceptors (Lipinski definition) is 4. The van der Waals surface area contributed by atoms with Crippen molar-refractivity contribution in [3.05, 3.63) is 36.2 Å². The first-order chi connectivity index (χ1) is 10.3. The molecule has 3 rings (SSSR count). The number of aromatic hydroxyl groups is 1. The molecule has 0 aliphatic heterocycles. The fourth-order valence-electron chi connectivity index (χ4n) is 2.83. The molecule has 120 valence electrons. The Balaban J connectivity index is 0.00000176. The molecule has 22 heavy (non-hydrogen) atoms. The topological polar surface area (TPSA) is 59.3 Å². The van der Waals surface area contributed by atoms with Gasteiger partial charge in [-0.05, 0) is 30.5 Å². The van der Waals surface area contributed by atoms with Crippen molar-refractivity contribution in [1.82, 2.24) is 9.78 Å². The highest BCUT2D eigenvalue weighted by molar-refractivity contribution is 5.85. The van der Waals surface area contributed by atoms with Gasteiger partial charge in [-0.3, -0.25) is 4.68 Å².